The van der Waals surface area contributed by atoms with Crippen molar-refractivity contribution < 1.29 is 28.6 Å². The molecule has 2 aromatic carbocycles. The molecule has 1 N–H and O–H groups in total. The molecule has 0 aliphatic heterocycles. The smallest absolute Gasteiger partial charge is 0.342 e. The predicted molar refractivity (Wildman–Crippen MR) is 90.1 cm³/mol. The summed E-state index contributed by atoms with van der Waals surface area (Å²) in [7, 11) is 3.02. The summed E-state index contributed by atoms with van der Waals surface area (Å²) in [5.74, 6) is 0.615. The van der Waals surface area contributed by atoms with E-state index >= 15 is 0 Å². The molecule has 134 valence electrons. The number of esters is 1. The number of hydrogen-bond donors (Lipinski definition) is 1. The van der Waals surface area contributed by atoms with Gasteiger partial charge >= 0.3 is 5.97 Å². The van der Waals surface area contributed by atoms with Crippen LogP contribution < -0.4 is 9.47 Å². The van der Waals surface area contributed by atoms with Crippen LogP contribution in [0.15, 0.2) is 47.0 Å². The Bertz CT molecular complexity index is 922. The summed E-state index contributed by atoms with van der Waals surface area (Å²) in [5.41, 5.74) is 0.719. The highest BCUT2D eigenvalue weighted by atomic mass is 16.6. The Morgan fingerprint density at radius 3 is 2.62 bits per heavy atom. The van der Waals surface area contributed by atoms with Crippen LogP contribution in [0, 0.1) is 0 Å². The number of nitrogens with zero attached hydrogens (tertiary/aromatic N) is 2. The maximum atomic E-state index is 12.1. The lowest BCUT2D eigenvalue weighted by Gasteiger charge is -2.06. The fourth-order valence-corrected chi connectivity index (χ4v) is 2.21. The molecule has 0 saturated carbocycles. The number of aromatic nitrogens is 2. The minimum absolute atomic E-state index is 0.0123. The van der Waals surface area contributed by atoms with Gasteiger partial charge in [-0.1, -0.05) is 17.3 Å². The Labute approximate surface area is 148 Å². The SMILES string of the molecule is COc1cccc(-c2noc(COC(=O)c3ccc(OC)cc3O)n2)c1. The summed E-state index contributed by atoms with van der Waals surface area (Å²) in [5, 5.41) is 13.7. The Hall–Kier alpha value is -3.55. The first-order valence-corrected chi connectivity index (χ1v) is 7.62. The average molecular weight is 356 g/mol. The van der Waals surface area contributed by atoms with Crippen molar-refractivity contribution >= 4 is 5.97 Å². The molecule has 0 aliphatic carbocycles. The third-order valence-corrected chi connectivity index (χ3v) is 3.55. The zero-order valence-electron chi connectivity index (χ0n) is 14.1. The van der Waals surface area contributed by atoms with E-state index in [-0.39, 0.29) is 23.8 Å². The Kier molecular flexibility index (Phi) is 5.02. The molecule has 26 heavy (non-hydrogen) atoms. The van der Waals surface area contributed by atoms with E-state index in [4.69, 9.17) is 18.7 Å². The van der Waals surface area contributed by atoms with E-state index < -0.39 is 5.97 Å². The van der Waals surface area contributed by atoms with Gasteiger partial charge in [-0.2, -0.15) is 4.98 Å². The summed E-state index contributed by atoms with van der Waals surface area (Å²) in [6, 6.07) is 11.4. The summed E-state index contributed by atoms with van der Waals surface area (Å²) in [4.78, 5) is 16.2. The largest absolute Gasteiger partial charge is 0.507 e. The number of hydrogen-bond acceptors (Lipinski definition) is 8. The van der Waals surface area contributed by atoms with Crippen LogP contribution in [0.1, 0.15) is 16.2 Å². The van der Waals surface area contributed by atoms with Gasteiger partial charge in [0, 0.05) is 11.6 Å². The van der Waals surface area contributed by atoms with Crippen LogP contribution in [0.4, 0.5) is 0 Å². The molecule has 0 bridgehead atoms. The minimum atomic E-state index is -0.716. The van der Waals surface area contributed by atoms with Crippen molar-refractivity contribution in [2.45, 2.75) is 6.61 Å². The molecule has 3 aromatic rings. The molecule has 0 fully saturated rings. The lowest BCUT2D eigenvalue weighted by molar-refractivity contribution is 0.0426. The monoisotopic (exact) mass is 356 g/mol. The second-order valence-corrected chi connectivity index (χ2v) is 5.20. The van der Waals surface area contributed by atoms with E-state index in [0.717, 1.165) is 0 Å². The van der Waals surface area contributed by atoms with Gasteiger partial charge in [0.05, 0.1) is 14.2 Å². The fourth-order valence-electron chi connectivity index (χ4n) is 2.21. The van der Waals surface area contributed by atoms with Gasteiger partial charge in [0.25, 0.3) is 5.89 Å². The lowest BCUT2D eigenvalue weighted by Crippen LogP contribution is -2.06. The molecular formula is C18H16N2O6. The summed E-state index contributed by atoms with van der Waals surface area (Å²) in [6.45, 7) is -0.221. The molecule has 0 saturated heterocycles. The molecule has 1 aromatic heterocycles. The van der Waals surface area contributed by atoms with Gasteiger partial charge in [0.15, 0.2) is 6.61 Å². The Balaban J connectivity index is 1.67. The van der Waals surface area contributed by atoms with E-state index in [1.807, 2.05) is 0 Å². The number of benzene rings is 2. The highest BCUT2D eigenvalue weighted by molar-refractivity contribution is 5.92. The molecule has 0 atom stereocenters. The molecule has 0 aliphatic rings. The molecule has 0 radical (unpaired) electrons. The zero-order chi connectivity index (χ0) is 18.5. The Morgan fingerprint density at radius 1 is 1.12 bits per heavy atom. The molecular weight excluding hydrogens is 340 g/mol. The molecule has 0 spiro atoms. The van der Waals surface area contributed by atoms with E-state index in [1.54, 1.807) is 37.4 Å². The standard InChI is InChI=1S/C18H16N2O6/c1-23-12-5-3-4-11(8-12)17-19-16(26-20-17)10-25-18(22)14-7-6-13(24-2)9-15(14)21/h3-9,21H,10H2,1-2H3. The van der Waals surface area contributed by atoms with Gasteiger partial charge < -0.3 is 23.8 Å². The van der Waals surface area contributed by atoms with Gasteiger partial charge in [0.1, 0.15) is 22.8 Å². The highest BCUT2D eigenvalue weighted by Crippen LogP contribution is 2.25. The van der Waals surface area contributed by atoms with Crippen LogP contribution in [-0.2, 0) is 11.3 Å². The van der Waals surface area contributed by atoms with Gasteiger partial charge in [-0.25, -0.2) is 4.79 Å². The van der Waals surface area contributed by atoms with Crippen molar-refractivity contribution in [2.24, 2.45) is 0 Å². The number of methoxy groups -OCH3 is 2. The summed E-state index contributed by atoms with van der Waals surface area (Å²) >= 11 is 0. The summed E-state index contributed by atoms with van der Waals surface area (Å²) in [6.07, 6.45) is 0. The molecule has 8 heteroatoms. The molecule has 3 rings (SSSR count). The second kappa shape index (κ2) is 7.56. The molecule has 1 heterocycles. The number of carbonyl (C=O) groups is 1. The fraction of sp³-hybridized carbons (Fsp3) is 0.167. The molecule has 0 unspecified atom stereocenters. The maximum absolute atomic E-state index is 12.1. The topological polar surface area (TPSA) is 104 Å². The number of phenolic OH excluding ortho intramolecular Hbond substituents is 1. The van der Waals surface area contributed by atoms with Crippen LogP contribution >= 0.6 is 0 Å². The number of carbonyl (C=O) groups excluding carboxylic acids is 1. The van der Waals surface area contributed by atoms with E-state index in [0.29, 0.717) is 22.9 Å². The van der Waals surface area contributed by atoms with Crippen molar-refractivity contribution in [1.29, 1.82) is 0 Å². The van der Waals surface area contributed by atoms with E-state index in [1.165, 1.54) is 19.2 Å². The van der Waals surface area contributed by atoms with Crippen molar-refractivity contribution in [2.75, 3.05) is 14.2 Å². The Morgan fingerprint density at radius 2 is 1.88 bits per heavy atom. The highest BCUT2D eigenvalue weighted by Gasteiger charge is 2.16. The quantitative estimate of drug-likeness (QED) is 0.672. The van der Waals surface area contributed by atoms with Crippen molar-refractivity contribution in [1.82, 2.24) is 10.1 Å². The van der Waals surface area contributed by atoms with Crippen molar-refractivity contribution in [3.8, 4) is 28.6 Å². The van der Waals surface area contributed by atoms with Gasteiger partial charge in [-0.15, -0.1) is 0 Å². The molecule has 8 nitrogen and oxygen atoms in total. The number of rotatable bonds is 6. The van der Waals surface area contributed by atoms with Crippen LogP contribution in [0.2, 0.25) is 0 Å². The lowest BCUT2D eigenvalue weighted by atomic mass is 10.2. The normalized spacial score (nSPS) is 10.4. The minimum Gasteiger partial charge on any atom is -0.507 e. The zero-order valence-corrected chi connectivity index (χ0v) is 14.1. The maximum Gasteiger partial charge on any atom is 0.342 e. The van der Waals surface area contributed by atoms with Crippen LogP contribution in [-0.4, -0.2) is 35.4 Å². The van der Waals surface area contributed by atoms with Gasteiger partial charge in [0.2, 0.25) is 5.82 Å². The van der Waals surface area contributed by atoms with Crippen LogP contribution in [0.5, 0.6) is 17.2 Å². The van der Waals surface area contributed by atoms with Crippen molar-refractivity contribution in [3.05, 3.63) is 53.9 Å². The number of phenols is 1. The first-order valence-electron chi connectivity index (χ1n) is 7.62. The summed E-state index contributed by atoms with van der Waals surface area (Å²) < 4.78 is 20.3. The van der Waals surface area contributed by atoms with Crippen LogP contribution in [0.3, 0.4) is 0 Å². The third kappa shape index (κ3) is 3.75. The number of aromatic hydroxyl groups is 1. The molecule has 0 amide bonds. The van der Waals surface area contributed by atoms with Gasteiger partial charge in [-0.3, -0.25) is 0 Å². The third-order valence-electron chi connectivity index (χ3n) is 3.55. The van der Waals surface area contributed by atoms with Crippen LogP contribution in [0.25, 0.3) is 11.4 Å². The van der Waals surface area contributed by atoms with E-state index in [9.17, 15) is 9.90 Å². The second-order valence-electron chi connectivity index (χ2n) is 5.20. The average Bonchev–Trinajstić information content (AvgIpc) is 3.15. The van der Waals surface area contributed by atoms with Gasteiger partial charge in [-0.05, 0) is 24.3 Å². The first-order chi connectivity index (χ1) is 12.6. The van der Waals surface area contributed by atoms with E-state index in [2.05, 4.69) is 10.1 Å². The predicted octanol–water partition coefficient (Wildman–Crippen LogP) is 2.82. The first kappa shape index (κ1) is 17.3. The number of ether oxygens (including phenoxy) is 3. The van der Waals surface area contributed by atoms with Crippen molar-refractivity contribution in [3.63, 3.8) is 0 Å².